The molecule has 21 heavy (non-hydrogen) atoms. The van der Waals surface area contributed by atoms with Crippen LogP contribution in [-0.4, -0.2) is 22.2 Å². The highest BCUT2D eigenvalue weighted by Gasteiger charge is 2.23. The summed E-state index contributed by atoms with van der Waals surface area (Å²) in [7, 11) is 0. The zero-order valence-electron chi connectivity index (χ0n) is 12.0. The maximum atomic E-state index is 12.2. The molecule has 2 rings (SSSR count). The molecule has 0 spiro atoms. The van der Waals surface area contributed by atoms with Crippen molar-refractivity contribution in [2.45, 2.75) is 37.4 Å². The molecular formula is C15H19BrN2O3. The van der Waals surface area contributed by atoms with E-state index in [1.807, 2.05) is 0 Å². The first-order valence-electron chi connectivity index (χ1n) is 7.16. The lowest BCUT2D eigenvalue weighted by atomic mass is 9.89. The number of rotatable bonds is 4. The fraction of sp³-hybridized carbons (Fsp3) is 0.533. The lowest BCUT2D eigenvalue weighted by Crippen LogP contribution is -2.34. The minimum absolute atomic E-state index is 0.0539. The molecule has 1 aromatic rings. The molecule has 2 unspecified atom stereocenters. The quantitative estimate of drug-likeness (QED) is 0.510. The van der Waals surface area contributed by atoms with E-state index in [1.165, 1.54) is 25.0 Å². The molecule has 114 valence electrons. The van der Waals surface area contributed by atoms with Gasteiger partial charge in [0, 0.05) is 29.1 Å². The van der Waals surface area contributed by atoms with E-state index >= 15 is 0 Å². The number of nitrogens with zero attached hydrogens (tertiary/aromatic N) is 1. The van der Waals surface area contributed by atoms with Crippen molar-refractivity contribution >= 4 is 27.5 Å². The Morgan fingerprint density at radius 3 is 2.81 bits per heavy atom. The molecule has 1 N–H and O–H groups in total. The number of non-ortho nitro benzene ring substituents is 1. The molecule has 1 aromatic carbocycles. The standard InChI is InChI=1S/C15H19BrN2O3/c1-10-6-7-12(18(20)21)8-13(10)15(19)17-9-11-4-2-3-5-14(11)16/h6-8,11,14H,2-5,9H2,1H3,(H,17,19). The van der Waals surface area contributed by atoms with Gasteiger partial charge in [-0.25, -0.2) is 0 Å². The summed E-state index contributed by atoms with van der Waals surface area (Å²) in [4.78, 5) is 23.0. The summed E-state index contributed by atoms with van der Waals surface area (Å²) in [5, 5.41) is 13.7. The first-order chi connectivity index (χ1) is 9.99. The van der Waals surface area contributed by atoms with E-state index < -0.39 is 4.92 Å². The van der Waals surface area contributed by atoms with Crippen molar-refractivity contribution in [3.05, 3.63) is 39.4 Å². The summed E-state index contributed by atoms with van der Waals surface area (Å²) in [5.74, 6) is 0.197. The van der Waals surface area contributed by atoms with Crippen LogP contribution in [0, 0.1) is 23.0 Å². The third-order valence-corrected chi connectivity index (χ3v) is 5.22. The van der Waals surface area contributed by atoms with E-state index in [-0.39, 0.29) is 11.6 Å². The average Bonchev–Trinajstić information content (AvgIpc) is 2.46. The lowest BCUT2D eigenvalue weighted by Gasteiger charge is -2.27. The molecule has 6 heteroatoms. The van der Waals surface area contributed by atoms with Crippen molar-refractivity contribution in [3.63, 3.8) is 0 Å². The van der Waals surface area contributed by atoms with Gasteiger partial charge in [-0.05, 0) is 31.2 Å². The van der Waals surface area contributed by atoms with Crippen LogP contribution in [0.1, 0.15) is 41.6 Å². The second-order valence-electron chi connectivity index (χ2n) is 5.53. The largest absolute Gasteiger partial charge is 0.352 e. The van der Waals surface area contributed by atoms with Crippen molar-refractivity contribution in [1.29, 1.82) is 0 Å². The third kappa shape index (κ3) is 4.03. The Kier molecular flexibility index (Phi) is 5.33. The summed E-state index contributed by atoms with van der Waals surface area (Å²) < 4.78 is 0. The molecule has 1 saturated carbocycles. The number of hydrogen-bond donors (Lipinski definition) is 1. The SMILES string of the molecule is Cc1ccc([N+](=O)[O-])cc1C(=O)NCC1CCCCC1Br. The van der Waals surface area contributed by atoms with Gasteiger partial charge in [-0.1, -0.05) is 34.8 Å². The van der Waals surface area contributed by atoms with Gasteiger partial charge in [0.1, 0.15) is 0 Å². The number of alkyl halides is 1. The van der Waals surface area contributed by atoms with Gasteiger partial charge in [0.05, 0.1) is 4.92 Å². The molecule has 1 aliphatic carbocycles. The molecule has 0 saturated heterocycles. The number of halogens is 1. The van der Waals surface area contributed by atoms with E-state index in [2.05, 4.69) is 21.2 Å². The second-order valence-corrected chi connectivity index (χ2v) is 6.70. The number of benzene rings is 1. The summed E-state index contributed by atoms with van der Waals surface area (Å²) in [6.45, 7) is 2.39. The fourth-order valence-electron chi connectivity index (χ4n) is 2.68. The minimum atomic E-state index is -0.480. The van der Waals surface area contributed by atoms with Gasteiger partial charge in [-0.15, -0.1) is 0 Å². The predicted molar refractivity (Wildman–Crippen MR) is 84.8 cm³/mol. The molecular weight excluding hydrogens is 336 g/mol. The second kappa shape index (κ2) is 7.02. The van der Waals surface area contributed by atoms with Gasteiger partial charge in [-0.2, -0.15) is 0 Å². The van der Waals surface area contributed by atoms with Crippen LogP contribution in [0.15, 0.2) is 18.2 Å². The maximum Gasteiger partial charge on any atom is 0.270 e. The fourth-order valence-corrected chi connectivity index (χ4v) is 3.45. The van der Waals surface area contributed by atoms with E-state index in [4.69, 9.17) is 0 Å². The van der Waals surface area contributed by atoms with Crippen LogP contribution >= 0.6 is 15.9 Å². The maximum absolute atomic E-state index is 12.2. The summed E-state index contributed by atoms with van der Waals surface area (Å²) >= 11 is 3.67. The number of carbonyl (C=O) groups excluding carboxylic acids is 1. The van der Waals surface area contributed by atoms with E-state index in [1.54, 1.807) is 13.0 Å². The molecule has 1 aliphatic rings. The molecule has 1 fully saturated rings. The molecule has 5 nitrogen and oxygen atoms in total. The third-order valence-electron chi connectivity index (χ3n) is 4.02. The van der Waals surface area contributed by atoms with E-state index in [9.17, 15) is 14.9 Å². The van der Waals surface area contributed by atoms with Crippen LogP contribution < -0.4 is 5.32 Å². The molecule has 0 aliphatic heterocycles. The van der Waals surface area contributed by atoms with Crippen LogP contribution in [0.5, 0.6) is 0 Å². The molecule has 1 amide bonds. The van der Waals surface area contributed by atoms with Gasteiger partial charge >= 0.3 is 0 Å². The van der Waals surface area contributed by atoms with Gasteiger partial charge < -0.3 is 5.32 Å². The van der Waals surface area contributed by atoms with Gasteiger partial charge in [0.25, 0.3) is 11.6 Å². The van der Waals surface area contributed by atoms with Crippen LogP contribution in [0.3, 0.4) is 0 Å². The number of amides is 1. The first-order valence-corrected chi connectivity index (χ1v) is 8.08. The van der Waals surface area contributed by atoms with Crippen molar-refractivity contribution in [2.24, 2.45) is 5.92 Å². The van der Waals surface area contributed by atoms with Crippen molar-refractivity contribution in [3.8, 4) is 0 Å². The number of nitrogens with one attached hydrogen (secondary N) is 1. The normalized spacial score (nSPS) is 21.8. The number of aryl methyl sites for hydroxylation is 1. The Morgan fingerprint density at radius 1 is 1.43 bits per heavy atom. The predicted octanol–water partition coefficient (Wildman–Crippen LogP) is 3.59. The highest BCUT2D eigenvalue weighted by molar-refractivity contribution is 9.09. The van der Waals surface area contributed by atoms with Crippen LogP contribution in [0.4, 0.5) is 5.69 Å². The Labute approximate surface area is 132 Å². The molecule has 2 atom stereocenters. The van der Waals surface area contributed by atoms with Crippen LogP contribution in [-0.2, 0) is 0 Å². The summed E-state index contributed by atoms with van der Waals surface area (Å²) in [6.07, 6.45) is 4.66. The highest BCUT2D eigenvalue weighted by Crippen LogP contribution is 2.29. The smallest absolute Gasteiger partial charge is 0.270 e. The number of nitro benzene ring substituents is 1. The number of carbonyl (C=O) groups is 1. The number of hydrogen-bond acceptors (Lipinski definition) is 3. The molecule has 0 aromatic heterocycles. The number of nitro groups is 1. The van der Waals surface area contributed by atoms with Crippen LogP contribution in [0.25, 0.3) is 0 Å². The zero-order chi connectivity index (χ0) is 15.4. The Hall–Kier alpha value is -1.43. The van der Waals surface area contributed by atoms with Crippen molar-refractivity contribution in [1.82, 2.24) is 5.32 Å². The molecule has 0 radical (unpaired) electrons. The lowest BCUT2D eigenvalue weighted by molar-refractivity contribution is -0.384. The van der Waals surface area contributed by atoms with Gasteiger partial charge in [-0.3, -0.25) is 14.9 Å². The molecule has 0 heterocycles. The zero-order valence-corrected chi connectivity index (χ0v) is 13.6. The highest BCUT2D eigenvalue weighted by atomic mass is 79.9. The Morgan fingerprint density at radius 2 is 2.14 bits per heavy atom. The van der Waals surface area contributed by atoms with Gasteiger partial charge in [0.2, 0.25) is 0 Å². The summed E-state index contributed by atoms with van der Waals surface area (Å²) in [5.41, 5.74) is 1.07. The van der Waals surface area contributed by atoms with Gasteiger partial charge in [0.15, 0.2) is 0 Å². The van der Waals surface area contributed by atoms with E-state index in [0.29, 0.717) is 22.9 Å². The summed E-state index contributed by atoms with van der Waals surface area (Å²) in [6, 6.07) is 4.37. The average molecular weight is 355 g/mol. The molecule has 0 bridgehead atoms. The Bertz CT molecular complexity index is 548. The first kappa shape index (κ1) is 15.9. The van der Waals surface area contributed by atoms with Crippen molar-refractivity contribution < 1.29 is 9.72 Å². The van der Waals surface area contributed by atoms with E-state index in [0.717, 1.165) is 18.4 Å². The Balaban J connectivity index is 2.02. The van der Waals surface area contributed by atoms with Crippen molar-refractivity contribution in [2.75, 3.05) is 6.54 Å². The van der Waals surface area contributed by atoms with Crippen LogP contribution in [0.2, 0.25) is 0 Å². The topological polar surface area (TPSA) is 72.2 Å². The monoisotopic (exact) mass is 354 g/mol. The minimum Gasteiger partial charge on any atom is -0.352 e.